The van der Waals surface area contributed by atoms with Gasteiger partial charge in [0.15, 0.2) is 0 Å². The standard InChI is InChI=1S/C15H13ClO5/c1-7(14(17)18)20-13-6-12-10(5-11(13)16)8-3-2-4-9(8)15(19)21-12/h5-7H,2-4H2,1H3,(H,17,18)/p-1/t7-/m1/s1. The molecule has 21 heavy (non-hydrogen) atoms. The Bertz CT molecular complexity index is 793. The minimum atomic E-state index is -1.35. The molecule has 0 amide bonds. The molecule has 0 bridgehead atoms. The summed E-state index contributed by atoms with van der Waals surface area (Å²) in [6.07, 6.45) is 1.28. The van der Waals surface area contributed by atoms with Gasteiger partial charge < -0.3 is 19.1 Å². The number of fused-ring (bicyclic) bond motifs is 3. The second-order valence-electron chi connectivity index (χ2n) is 5.06. The third-order valence-corrected chi connectivity index (χ3v) is 3.96. The third kappa shape index (κ3) is 2.38. The van der Waals surface area contributed by atoms with Gasteiger partial charge in [-0.3, -0.25) is 0 Å². The molecule has 2 aromatic rings. The lowest BCUT2D eigenvalue weighted by molar-refractivity contribution is -0.312. The van der Waals surface area contributed by atoms with Crippen LogP contribution in [0.4, 0.5) is 0 Å². The second-order valence-corrected chi connectivity index (χ2v) is 5.47. The molecular formula is C15H12ClO5-. The molecule has 1 atom stereocenters. The van der Waals surface area contributed by atoms with E-state index in [0.717, 1.165) is 23.8 Å². The highest BCUT2D eigenvalue weighted by Crippen LogP contribution is 2.35. The van der Waals surface area contributed by atoms with Gasteiger partial charge in [0.25, 0.3) is 0 Å². The smallest absolute Gasteiger partial charge is 0.339 e. The molecule has 5 nitrogen and oxygen atoms in total. The van der Waals surface area contributed by atoms with Crippen LogP contribution in [0, 0.1) is 0 Å². The Morgan fingerprint density at radius 1 is 1.38 bits per heavy atom. The van der Waals surface area contributed by atoms with Gasteiger partial charge in [-0.15, -0.1) is 0 Å². The maximum absolute atomic E-state index is 11.9. The molecule has 0 spiro atoms. The number of carbonyl (C=O) groups excluding carboxylic acids is 1. The van der Waals surface area contributed by atoms with Crippen LogP contribution in [-0.4, -0.2) is 12.1 Å². The van der Waals surface area contributed by atoms with Crippen molar-refractivity contribution in [2.75, 3.05) is 0 Å². The van der Waals surface area contributed by atoms with Crippen LogP contribution >= 0.6 is 11.6 Å². The first-order chi connectivity index (χ1) is 9.97. The van der Waals surface area contributed by atoms with Crippen molar-refractivity contribution in [1.29, 1.82) is 0 Å². The van der Waals surface area contributed by atoms with E-state index in [1.165, 1.54) is 13.0 Å². The molecule has 3 rings (SSSR count). The Morgan fingerprint density at radius 3 is 2.81 bits per heavy atom. The highest BCUT2D eigenvalue weighted by molar-refractivity contribution is 6.32. The average Bonchev–Trinajstić information content (AvgIpc) is 2.91. The van der Waals surface area contributed by atoms with Gasteiger partial charge in [0.1, 0.15) is 17.4 Å². The number of aryl methyl sites for hydroxylation is 1. The van der Waals surface area contributed by atoms with Crippen molar-refractivity contribution in [1.82, 2.24) is 0 Å². The molecule has 0 unspecified atom stereocenters. The van der Waals surface area contributed by atoms with Crippen molar-refractivity contribution in [3.05, 3.63) is 38.7 Å². The molecule has 110 valence electrons. The minimum Gasteiger partial charge on any atom is -0.546 e. The number of benzene rings is 1. The average molecular weight is 308 g/mol. The molecular weight excluding hydrogens is 296 g/mol. The van der Waals surface area contributed by atoms with Crippen LogP contribution in [0.5, 0.6) is 5.75 Å². The molecule has 0 aliphatic heterocycles. The van der Waals surface area contributed by atoms with E-state index in [1.807, 2.05) is 0 Å². The molecule has 0 fully saturated rings. The maximum Gasteiger partial charge on any atom is 0.339 e. The van der Waals surface area contributed by atoms with Gasteiger partial charge in [-0.25, -0.2) is 4.79 Å². The monoisotopic (exact) mass is 307 g/mol. The summed E-state index contributed by atoms with van der Waals surface area (Å²) >= 11 is 6.14. The predicted octanol–water partition coefficient (Wildman–Crippen LogP) is 1.45. The van der Waals surface area contributed by atoms with Gasteiger partial charge in [0, 0.05) is 17.0 Å². The van der Waals surface area contributed by atoms with Crippen LogP contribution in [0.2, 0.25) is 5.02 Å². The van der Waals surface area contributed by atoms with Crippen LogP contribution in [0.1, 0.15) is 24.5 Å². The Kier molecular flexibility index (Phi) is 3.37. The molecule has 1 aromatic heterocycles. The quantitative estimate of drug-likeness (QED) is 0.802. The first-order valence-corrected chi connectivity index (χ1v) is 7.01. The SMILES string of the molecule is C[C@@H](Oc1cc2oc(=O)c3c(c2cc1Cl)CCC3)C(=O)[O-]. The molecule has 0 N–H and O–H groups in total. The van der Waals surface area contributed by atoms with Crippen molar-refractivity contribution in [2.24, 2.45) is 0 Å². The zero-order valence-electron chi connectivity index (χ0n) is 11.3. The van der Waals surface area contributed by atoms with Crippen molar-refractivity contribution in [3.8, 4) is 5.75 Å². The molecule has 0 radical (unpaired) electrons. The number of halogens is 1. The summed E-state index contributed by atoms with van der Waals surface area (Å²) in [4.78, 5) is 22.6. The minimum absolute atomic E-state index is 0.155. The lowest BCUT2D eigenvalue weighted by atomic mass is 10.1. The lowest BCUT2D eigenvalue weighted by Gasteiger charge is -2.17. The van der Waals surface area contributed by atoms with Crippen molar-refractivity contribution < 1.29 is 19.1 Å². The van der Waals surface area contributed by atoms with Gasteiger partial charge in [0.2, 0.25) is 0 Å². The molecule has 1 aromatic carbocycles. The number of carbonyl (C=O) groups is 1. The van der Waals surface area contributed by atoms with Crippen LogP contribution in [0.3, 0.4) is 0 Å². The summed E-state index contributed by atoms with van der Waals surface area (Å²) in [7, 11) is 0. The van der Waals surface area contributed by atoms with Crippen LogP contribution in [0.15, 0.2) is 21.3 Å². The van der Waals surface area contributed by atoms with Gasteiger partial charge in [-0.1, -0.05) is 11.6 Å². The summed E-state index contributed by atoms with van der Waals surface area (Å²) in [5.41, 5.74) is 1.67. The Hall–Kier alpha value is -2.01. The Balaban J connectivity index is 2.14. The maximum atomic E-state index is 11.9. The van der Waals surface area contributed by atoms with Crippen molar-refractivity contribution >= 4 is 28.5 Å². The van der Waals surface area contributed by atoms with Gasteiger partial charge in [-0.2, -0.15) is 0 Å². The topological polar surface area (TPSA) is 79.6 Å². The molecule has 0 saturated heterocycles. The van der Waals surface area contributed by atoms with Crippen LogP contribution in [0.25, 0.3) is 11.0 Å². The first-order valence-electron chi connectivity index (χ1n) is 6.63. The van der Waals surface area contributed by atoms with Gasteiger partial charge in [-0.05, 0) is 37.8 Å². The number of rotatable bonds is 3. The van der Waals surface area contributed by atoms with E-state index in [9.17, 15) is 14.7 Å². The van der Waals surface area contributed by atoms with E-state index >= 15 is 0 Å². The second kappa shape index (κ2) is 5.07. The molecule has 1 heterocycles. The Labute approximate surface area is 125 Å². The summed E-state index contributed by atoms with van der Waals surface area (Å²) in [6, 6.07) is 3.11. The zero-order valence-corrected chi connectivity index (χ0v) is 12.0. The normalized spacial score (nSPS) is 15.0. The number of carboxylic acid groups (broad SMARTS) is 1. The zero-order chi connectivity index (χ0) is 15.1. The molecule has 1 aliphatic rings. The lowest BCUT2D eigenvalue weighted by Crippen LogP contribution is -2.37. The highest BCUT2D eigenvalue weighted by atomic mass is 35.5. The molecule has 1 aliphatic carbocycles. The van der Waals surface area contributed by atoms with E-state index in [2.05, 4.69) is 0 Å². The van der Waals surface area contributed by atoms with E-state index in [-0.39, 0.29) is 16.4 Å². The van der Waals surface area contributed by atoms with E-state index < -0.39 is 12.1 Å². The van der Waals surface area contributed by atoms with Crippen molar-refractivity contribution in [2.45, 2.75) is 32.3 Å². The highest BCUT2D eigenvalue weighted by Gasteiger charge is 2.21. The van der Waals surface area contributed by atoms with E-state index in [1.54, 1.807) is 6.07 Å². The van der Waals surface area contributed by atoms with E-state index in [4.69, 9.17) is 20.8 Å². The third-order valence-electron chi connectivity index (χ3n) is 3.66. The fraction of sp³-hybridized carbons (Fsp3) is 0.333. The summed E-state index contributed by atoms with van der Waals surface area (Å²) in [5, 5.41) is 11.8. The number of hydrogen-bond acceptors (Lipinski definition) is 5. The fourth-order valence-electron chi connectivity index (χ4n) is 2.61. The predicted molar refractivity (Wildman–Crippen MR) is 74.6 cm³/mol. The summed E-state index contributed by atoms with van der Waals surface area (Å²) in [5.74, 6) is -1.19. The number of hydrogen-bond donors (Lipinski definition) is 0. The van der Waals surface area contributed by atoms with Gasteiger partial charge >= 0.3 is 5.63 Å². The van der Waals surface area contributed by atoms with Gasteiger partial charge in [0.05, 0.1) is 11.0 Å². The summed E-state index contributed by atoms with van der Waals surface area (Å²) < 4.78 is 10.5. The fourth-order valence-corrected chi connectivity index (χ4v) is 2.82. The number of aliphatic carboxylic acids is 1. The van der Waals surface area contributed by atoms with Crippen LogP contribution in [-0.2, 0) is 17.6 Å². The number of carboxylic acids is 1. The number of ether oxygens (including phenoxy) is 1. The molecule has 0 saturated carbocycles. The Morgan fingerprint density at radius 2 is 2.10 bits per heavy atom. The van der Waals surface area contributed by atoms with E-state index in [0.29, 0.717) is 17.6 Å². The molecule has 6 heteroatoms. The first kappa shape index (κ1) is 13.9. The summed E-state index contributed by atoms with van der Waals surface area (Å²) in [6.45, 7) is 1.34. The van der Waals surface area contributed by atoms with Crippen LogP contribution < -0.4 is 15.5 Å². The van der Waals surface area contributed by atoms with Crippen molar-refractivity contribution in [3.63, 3.8) is 0 Å². The largest absolute Gasteiger partial charge is 0.546 e.